The molecule has 2 aliphatic rings. The van der Waals surface area contributed by atoms with E-state index in [1.807, 2.05) is 0 Å². The number of carboxylic acid groups (broad SMARTS) is 1. The number of hydrogen-bond acceptors (Lipinski definition) is 4. The van der Waals surface area contributed by atoms with Crippen molar-refractivity contribution in [2.24, 2.45) is 0 Å². The van der Waals surface area contributed by atoms with Crippen LogP contribution in [0.15, 0.2) is 10.5 Å². The molecule has 3 rings (SSSR count). The first-order chi connectivity index (χ1) is 10.1. The van der Waals surface area contributed by atoms with Gasteiger partial charge in [-0.25, -0.2) is 0 Å². The van der Waals surface area contributed by atoms with E-state index in [0.717, 1.165) is 19.3 Å². The zero-order valence-electron chi connectivity index (χ0n) is 11.5. The Morgan fingerprint density at radius 3 is 2.52 bits per heavy atom. The standard InChI is InChI=1S/C15H17BrO5/c16-11-12(17)9(8-10-13(11)21-7-6-20-10)15(14(18)19)4-2-1-3-5-15/h8,17H,1-7H2,(H,18,19). The summed E-state index contributed by atoms with van der Waals surface area (Å²) < 4.78 is 11.4. The summed E-state index contributed by atoms with van der Waals surface area (Å²) in [5.74, 6) is -0.00407. The van der Waals surface area contributed by atoms with Gasteiger partial charge in [-0.2, -0.15) is 0 Å². The number of carboxylic acids is 1. The molecule has 1 fully saturated rings. The summed E-state index contributed by atoms with van der Waals surface area (Å²) in [6.07, 6.45) is 3.78. The van der Waals surface area contributed by atoms with Crippen LogP contribution in [0.25, 0.3) is 0 Å². The van der Waals surface area contributed by atoms with E-state index in [9.17, 15) is 15.0 Å². The Bertz CT molecular complexity index is 578. The van der Waals surface area contributed by atoms with E-state index in [-0.39, 0.29) is 5.75 Å². The second kappa shape index (κ2) is 5.40. The second-order valence-corrected chi connectivity index (χ2v) is 6.35. The number of benzene rings is 1. The lowest BCUT2D eigenvalue weighted by Gasteiger charge is -2.35. The number of ether oxygens (including phenoxy) is 2. The van der Waals surface area contributed by atoms with Crippen LogP contribution in [0, 0.1) is 0 Å². The van der Waals surface area contributed by atoms with Crippen LogP contribution in [-0.4, -0.2) is 29.4 Å². The lowest BCUT2D eigenvalue weighted by atomic mass is 9.69. The topological polar surface area (TPSA) is 76.0 Å². The Morgan fingerprint density at radius 1 is 1.19 bits per heavy atom. The number of carbonyl (C=O) groups is 1. The SMILES string of the molecule is O=C(O)C1(c2cc3c(c(Br)c2O)OCCO3)CCCCC1. The minimum Gasteiger partial charge on any atom is -0.506 e. The normalized spacial score (nSPS) is 20.0. The highest BCUT2D eigenvalue weighted by molar-refractivity contribution is 9.10. The maximum atomic E-state index is 11.9. The molecule has 0 radical (unpaired) electrons. The average Bonchev–Trinajstić information content (AvgIpc) is 2.51. The van der Waals surface area contributed by atoms with E-state index in [1.54, 1.807) is 6.07 Å². The Labute approximate surface area is 131 Å². The quantitative estimate of drug-likeness (QED) is 0.850. The predicted octanol–water partition coefficient (Wildman–Crippen LogP) is 3.21. The number of halogens is 1. The molecule has 0 amide bonds. The Morgan fingerprint density at radius 2 is 1.86 bits per heavy atom. The summed E-state index contributed by atoms with van der Waals surface area (Å²) in [4.78, 5) is 11.9. The summed E-state index contributed by atoms with van der Waals surface area (Å²) in [7, 11) is 0. The van der Waals surface area contributed by atoms with Crippen molar-refractivity contribution < 1.29 is 24.5 Å². The van der Waals surface area contributed by atoms with E-state index in [0.29, 0.717) is 47.6 Å². The van der Waals surface area contributed by atoms with Crippen LogP contribution < -0.4 is 9.47 Å². The average molecular weight is 357 g/mol. The number of fused-ring (bicyclic) bond motifs is 1. The van der Waals surface area contributed by atoms with Crippen LogP contribution in [-0.2, 0) is 10.2 Å². The zero-order valence-corrected chi connectivity index (χ0v) is 13.1. The number of phenols is 1. The molecule has 6 heteroatoms. The first kappa shape index (κ1) is 14.5. The molecule has 5 nitrogen and oxygen atoms in total. The van der Waals surface area contributed by atoms with Gasteiger partial charge >= 0.3 is 5.97 Å². The summed E-state index contributed by atoms with van der Waals surface area (Å²) in [5, 5.41) is 20.2. The van der Waals surface area contributed by atoms with E-state index in [2.05, 4.69) is 15.9 Å². The summed E-state index contributed by atoms with van der Waals surface area (Å²) in [6.45, 7) is 0.832. The van der Waals surface area contributed by atoms with Crippen molar-refractivity contribution in [2.45, 2.75) is 37.5 Å². The third-order valence-electron chi connectivity index (χ3n) is 4.38. The van der Waals surface area contributed by atoms with Gasteiger partial charge in [0.25, 0.3) is 0 Å². The van der Waals surface area contributed by atoms with Gasteiger partial charge in [0.05, 0.1) is 5.41 Å². The molecule has 1 aromatic rings. The molecule has 21 heavy (non-hydrogen) atoms. The van der Waals surface area contributed by atoms with E-state index < -0.39 is 11.4 Å². The van der Waals surface area contributed by atoms with Crippen LogP contribution in [0.5, 0.6) is 17.2 Å². The van der Waals surface area contributed by atoms with E-state index in [1.165, 1.54) is 0 Å². The lowest BCUT2D eigenvalue weighted by Crippen LogP contribution is -2.38. The van der Waals surface area contributed by atoms with Crippen LogP contribution >= 0.6 is 15.9 Å². The molecule has 0 aromatic heterocycles. The van der Waals surface area contributed by atoms with Crippen molar-refractivity contribution in [1.82, 2.24) is 0 Å². The van der Waals surface area contributed by atoms with Crippen molar-refractivity contribution in [3.05, 3.63) is 16.1 Å². The van der Waals surface area contributed by atoms with Gasteiger partial charge in [-0.1, -0.05) is 19.3 Å². The van der Waals surface area contributed by atoms with Gasteiger partial charge in [-0.15, -0.1) is 0 Å². The molecule has 0 unspecified atom stereocenters. The van der Waals surface area contributed by atoms with Gasteiger partial charge in [-0.3, -0.25) is 4.79 Å². The van der Waals surface area contributed by atoms with Crippen LogP contribution in [0.2, 0.25) is 0 Å². The molecule has 0 bridgehead atoms. The lowest BCUT2D eigenvalue weighted by molar-refractivity contribution is -0.145. The van der Waals surface area contributed by atoms with Crippen molar-refractivity contribution in [3.8, 4) is 17.2 Å². The first-order valence-corrected chi connectivity index (χ1v) is 7.90. The van der Waals surface area contributed by atoms with Crippen LogP contribution in [0.4, 0.5) is 0 Å². The van der Waals surface area contributed by atoms with E-state index >= 15 is 0 Å². The van der Waals surface area contributed by atoms with Crippen LogP contribution in [0.3, 0.4) is 0 Å². The fourth-order valence-corrected chi connectivity index (χ4v) is 3.78. The monoisotopic (exact) mass is 356 g/mol. The number of phenolic OH excluding ortho intramolecular Hbond substituents is 1. The molecular weight excluding hydrogens is 340 g/mol. The molecule has 1 aliphatic heterocycles. The molecule has 2 N–H and O–H groups in total. The van der Waals surface area contributed by atoms with Crippen molar-refractivity contribution in [2.75, 3.05) is 13.2 Å². The molecule has 0 atom stereocenters. The van der Waals surface area contributed by atoms with Gasteiger partial charge in [0.15, 0.2) is 11.5 Å². The fraction of sp³-hybridized carbons (Fsp3) is 0.533. The Hall–Kier alpha value is -1.43. The molecule has 114 valence electrons. The third-order valence-corrected chi connectivity index (χ3v) is 5.12. The highest BCUT2D eigenvalue weighted by atomic mass is 79.9. The minimum atomic E-state index is -1.04. The fourth-order valence-electron chi connectivity index (χ4n) is 3.25. The number of hydrogen-bond donors (Lipinski definition) is 2. The largest absolute Gasteiger partial charge is 0.506 e. The molecular formula is C15H17BrO5. The van der Waals surface area contributed by atoms with E-state index in [4.69, 9.17) is 9.47 Å². The Balaban J connectivity index is 2.16. The molecule has 1 saturated carbocycles. The van der Waals surface area contributed by atoms with Gasteiger partial charge in [-0.05, 0) is 34.8 Å². The molecule has 1 aromatic carbocycles. The van der Waals surface area contributed by atoms with Crippen molar-refractivity contribution in [1.29, 1.82) is 0 Å². The molecule has 1 heterocycles. The molecule has 0 spiro atoms. The summed E-state index contributed by atoms with van der Waals surface area (Å²) in [5.41, 5.74) is -0.619. The highest BCUT2D eigenvalue weighted by Crippen LogP contribution is 2.51. The van der Waals surface area contributed by atoms with Crippen molar-refractivity contribution >= 4 is 21.9 Å². The highest BCUT2D eigenvalue weighted by Gasteiger charge is 2.44. The van der Waals surface area contributed by atoms with Crippen molar-refractivity contribution in [3.63, 3.8) is 0 Å². The number of aliphatic carboxylic acids is 1. The smallest absolute Gasteiger partial charge is 0.314 e. The van der Waals surface area contributed by atoms with Gasteiger partial charge in [0.2, 0.25) is 0 Å². The third kappa shape index (κ3) is 2.25. The number of rotatable bonds is 2. The second-order valence-electron chi connectivity index (χ2n) is 5.56. The zero-order chi connectivity index (χ0) is 15.0. The minimum absolute atomic E-state index is 0.0523. The first-order valence-electron chi connectivity index (χ1n) is 7.11. The van der Waals surface area contributed by atoms with Gasteiger partial charge in [0.1, 0.15) is 23.4 Å². The summed E-state index contributed by atoms with van der Waals surface area (Å²) >= 11 is 3.31. The van der Waals surface area contributed by atoms with Crippen LogP contribution in [0.1, 0.15) is 37.7 Å². The molecule has 0 saturated heterocycles. The summed E-state index contributed by atoms with van der Waals surface area (Å²) in [6, 6.07) is 1.63. The predicted molar refractivity (Wildman–Crippen MR) is 79.2 cm³/mol. The number of aromatic hydroxyl groups is 1. The maximum absolute atomic E-state index is 11.9. The Kier molecular flexibility index (Phi) is 3.73. The maximum Gasteiger partial charge on any atom is 0.314 e. The van der Waals surface area contributed by atoms with Gasteiger partial charge in [0, 0.05) is 5.56 Å². The van der Waals surface area contributed by atoms with Gasteiger partial charge < -0.3 is 19.7 Å². The molecule has 1 aliphatic carbocycles.